The van der Waals surface area contributed by atoms with Gasteiger partial charge < -0.3 is 14.2 Å². The lowest BCUT2D eigenvalue weighted by Crippen LogP contribution is -2.19. The van der Waals surface area contributed by atoms with Gasteiger partial charge in [-0.3, -0.25) is 9.78 Å². The number of halogens is 1. The van der Waals surface area contributed by atoms with Gasteiger partial charge in [-0.2, -0.15) is 0 Å². The van der Waals surface area contributed by atoms with Crippen molar-refractivity contribution in [2.45, 2.75) is 25.9 Å². The van der Waals surface area contributed by atoms with Gasteiger partial charge >= 0.3 is 5.97 Å². The molecule has 0 bridgehead atoms. The molecule has 0 amide bonds. The molecule has 29 heavy (non-hydrogen) atoms. The van der Waals surface area contributed by atoms with Gasteiger partial charge in [0.2, 0.25) is 0 Å². The van der Waals surface area contributed by atoms with E-state index in [0.717, 1.165) is 29.3 Å². The SMILES string of the molecule is COc1cc2c(Cl)ccnc2cc1OCC1(CC(=O)OCc2ccccc2)CC1. The normalized spacial score (nSPS) is 14.4. The number of benzene rings is 2. The first-order chi connectivity index (χ1) is 14.1. The van der Waals surface area contributed by atoms with Crippen molar-refractivity contribution in [2.24, 2.45) is 5.41 Å². The molecule has 1 aliphatic carbocycles. The van der Waals surface area contributed by atoms with Gasteiger partial charge in [-0.05, 0) is 30.5 Å². The Kier molecular flexibility index (Phi) is 5.58. The van der Waals surface area contributed by atoms with Gasteiger partial charge in [0.25, 0.3) is 0 Å². The summed E-state index contributed by atoms with van der Waals surface area (Å²) in [5.74, 6) is 0.988. The number of nitrogens with zero attached hydrogens (tertiary/aromatic N) is 1. The average molecular weight is 412 g/mol. The maximum atomic E-state index is 12.3. The summed E-state index contributed by atoms with van der Waals surface area (Å²) < 4.78 is 16.9. The summed E-state index contributed by atoms with van der Waals surface area (Å²) in [6, 6.07) is 15.1. The highest BCUT2D eigenvalue weighted by molar-refractivity contribution is 6.35. The molecule has 6 heteroatoms. The third kappa shape index (κ3) is 4.62. The molecule has 4 rings (SSSR count). The van der Waals surface area contributed by atoms with Crippen LogP contribution in [0.25, 0.3) is 10.9 Å². The molecule has 1 heterocycles. The number of hydrogen-bond acceptors (Lipinski definition) is 5. The second-order valence-electron chi connectivity index (χ2n) is 7.42. The van der Waals surface area contributed by atoms with E-state index in [1.807, 2.05) is 42.5 Å². The fourth-order valence-corrected chi connectivity index (χ4v) is 3.48. The van der Waals surface area contributed by atoms with Crippen molar-refractivity contribution in [1.29, 1.82) is 0 Å². The number of carbonyl (C=O) groups is 1. The number of hydrogen-bond donors (Lipinski definition) is 0. The molecule has 0 saturated heterocycles. The Balaban J connectivity index is 1.38. The molecule has 0 spiro atoms. The van der Waals surface area contributed by atoms with Crippen LogP contribution in [0.3, 0.4) is 0 Å². The van der Waals surface area contributed by atoms with Crippen LogP contribution in [-0.4, -0.2) is 24.7 Å². The van der Waals surface area contributed by atoms with Gasteiger partial charge in [-0.15, -0.1) is 0 Å². The van der Waals surface area contributed by atoms with E-state index in [-0.39, 0.29) is 11.4 Å². The minimum Gasteiger partial charge on any atom is -0.493 e. The summed E-state index contributed by atoms with van der Waals surface area (Å²) in [6.07, 6.45) is 3.88. The van der Waals surface area contributed by atoms with Crippen LogP contribution in [0.1, 0.15) is 24.8 Å². The minimum atomic E-state index is -0.200. The topological polar surface area (TPSA) is 57.7 Å². The van der Waals surface area contributed by atoms with Crippen LogP contribution in [0.15, 0.2) is 54.7 Å². The van der Waals surface area contributed by atoms with Gasteiger partial charge in [0.05, 0.1) is 30.7 Å². The van der Waals surface area contributed by atoms with Crippen LogP contribution in [0.5, 0.6) is 11.5 Å². The second kappa shape index (κ2) is 8.29. The van der Waals surface area contributed by atoms with Gasteiger partial charge in [-0.1, -0.05) is 41.9 Å². The Hall–Kier alpha value is -2.79. The molecule has 0 unspecified atom stereocenters. The molecular formula is C23H22ClNO4. The van der Waals surface area contributed by atoms with E-state index in [9.17, 15) is 4.79 Å². The molecule has 1 saturated carbocycles. The fourth-order valence-electron chi connectivity index (χ4n) is 3.27. The molecule has 0 atom stereocenters. The third-order valence-electron chi connectivity index (χ3n) is 5.23. The highest BCUT2D eigenvalue weighted by atomic mass is 35.5. The maximum absolute atomic E-state index is 12.3. The first-order valence-electron chi connectivity index (χ1n) is 9.53. The number of esters is 1. The predicted molar refractivity (Wildman–Crippen MR) is 111 cm³/mol. The lowest BCUT2D eigenvalue weighted by molar-refractivity contribution is -0.146. The first kappa shape index (κ1) is 19.5. The van der Waals surface area contributed by atoms with Crippen molar-refractivity contribution in [3.8, 4) is 11.5 Å². The third-order valence-corrected chi connectivity index (χ3v) is 5.56. The Bertz CT molecular complexity index is 1020. The summed E-state index contributed by atoms with van der Waals surface area (Å²) in [7, 11) is 1.59. The molecule has 1 fully saturated rings. The summed E-state index contributed by atoms with van der Waals surface area (Å²) in [5, 5.41) is 1.42. The zero-order chi connectivity index (χ0) is 20.3. The molecule has 2 aromatic carbocycles. The van der Waals surface area contributed by atoms with E-state index in [0.29, 0.717) is 36.2 Å². The first-order valence-corrected chi connectivity index (χ1v) is 9.91. The van der Waals surface area contributed by atoms with E-state index in [2.05, 4.69) is 4.98 Å². The zero-order valence-corrected chi connectivity index (χ0v) is 16.9. The van der Waals surface area contributed by atoms with E-state index < -0.39 is 0 Å². The van der Waals surface area contributed by atoms with Gasteiger partial charge in [-0.25, -0.2) is 0 Å². The van der Waals surface area contributed by atoms with Crippen molar-refractivity contribution in [2.75, 3.05) is 13.7 Å². The van der Waals surface area contributed by atoms with E-state index in [1.165, 1.54) is 0 Å². The van der Waals surface area contributed by atoms with Gasteiger partial charge in [0, 0.05) is 23.1 Å². The number of methoxy groups -OCH3 is 1. The summed E-state index contributed by atoms with van der Waals surface area (Å²) in [4.78, 5) is 16.6. The van der Waals surface area contributed by atoms with Crippen molar-refractivity contribution >= 4 is 28.5 Å². The average Bonchev–Trinajstić information content (AvgIpc) is 3.50. The standard InChI is InChI=1S/C23H22ClNO4/c1-27-20-11-17-18(24)7-10-25-19(17)12-21(20)29-15-23(8-9-23)13-22(26)28-14-16-5-3-2-4-6-16/h2-7,10-12H,8-9,13-15H2,1H3. The highest BCUT2D eigenvalue weighted by Crippen LogP contribution is 2.50. The van der Waals surface area contributed by atoms with Crippen molar-refractivity contribution in [3.63, 3.8) is 0 Å². The lowest BCUT2D eigenvalue weighted by atomic mass is 10.0. The molecule has 0 radical (unpaired) electrons. The molecule has 1 aliphatic rings. The van der Waals surface area contributed by atoms with Gasteiger partial charge in [0.1, 0.15) is 6.61 Å². The zero-order valence-electron chi connectivity index (χ0n) is 16.2. The summed E-state index contributed by atoms with van der Waals surface area (Å²) >= 11 is 6.24. The molecule has 3 aromatic rings. The Labute approximate surface area is 174 Å². The smallest absolute Gasteiger partial charge is 0.306 e. The molecule has 150 valence electrons. The van der Waals surface area contributed by atoms with Crippen LogP contribution < -0.4 is 9.47 Å². The summed E-state index contributed by atoms with van der Waals surface area (Å²) in [5.41, 5.74) is 1.55. The second-order valence-corrected chi connectivity index (χ2v) is 7.83. The number of fused-ring (bicyclic) bond motifs is 1. The Morgan fingerprint density at radius 1 is 1.14 bits per heavy atom. The monoisotopic (exact) mass is 411 g/mol. The van der Waals surface area contributed by atoms with E-state index in [1.54, 1.807) is 19.4 Å². The maximum Gasteiger partial charge on any atom is 0.306 e. The molecule has 0 aliphatic heterocycles. The lowest BCUT2D eigenvalue weighted by Gasteiger charge is -2.18. The van der Waals surface area contributed by atoms with Gasteiger partial charge in [0.15, 0.2) is 11.5 Å². The predicted octanol–water partition coefficient (Wildman–Crippen LogP) is 5.19. The number of pyridine rings is 1. The van der Waals surface area contributed by atoms with Crippen molar-refractivity contribution in [3.05, 3.63) is 65.3 Å². The van der Waals surface area contributed by atoms with E-state index >= 15 is 0 Å². The molecule has 0 N–H and O–H groups in total. The minimum absolute atomic E-state index is 0.171. The van der Waals surface area contributed by atoms with Crippen LogP contribution in [0.4, 0.5) is 0 Å². The Morgan fingerprint density at radius 2 is 1.93 bits per heavy atom. The number of ether oxygens (including phenoxy) is 3. The largest absolute Gasteiger partial charge is 0.493 e. The number of aromatic nitrogens is 1. The van der Waals surface area contributed by atoms with Crippen molar-refractivity contribution in [1.82, 2.24) is 4.98 Å². The van der Waals surface area contributed by atoms with Crippen LogP contribution in [0, 0.1) is 5.41 Å². The van der Waals surface area contributed by atoms with Crippen LogP contribution in [-0.2, 0) is 16.1 Å². The fraction of sp³-hybridized carbons (Fsp3) is 0.304. The van der Waals surface area contributed by atoms with Crippen LogP contribution in [0.2, 0.25) is 5.02 Å². The van der Waals surface area contributed by atoms with Crippen molar-refractivity contribution < 1.29 is 19.0 Å². The molecular weight excluding hydrogens is 390 g/mol. The highest BCUT2D eigenvalue weighted by Gasteiger charge is 2.46. The number of carbonyl (C=O) groups excluding carboxylic acids is 1. The molecule has 5 nitrogen and oxygen atoms in total. The Morgan fingerprint density at radius 3 is 2.66 bits per heavy atom. The number of rotatable bonds is 8. The van der Waals surface area contributed by atoms with E-state index in [4.69, 9.17) is 25.8 Å². The quantitative estimate of drug-likeness (QED) is 0.477. The molecule has 1 aromatic heterocycles. The van der Waals surface area contributed by atoms with Crippen LogP contribution >= 0.6 is 11.6 Å². The summed E-state index contributed by atoms with van der Waals surface area (Å²) in [6.45, 7) is 0.720.